The van der Waals surface area contributed by atoms with Crippen molar-refractivity contribution in [3.8, 4) is 11.5 Å². The Kier molecular flexibility index (Phi) is 8.00. The molecule has 2 aromatic carbocycles. The number of nitrogens with zero attached hydrogens (tertiary/aromatic N) is 3. The minimum absolute atomic E-state index is 0.0316. The Morgan fingerprint density at radius 3 is 2.62 bits per heavy atom. The van der Waals surface area contributed by atoms with E-state index in [4.69, 9.17) is 19.6 Å². The van der Waals surface area contributed by atoms with Gasteiger partial charge in [0.05, 0.1) is 30.5 Å². The fourth-order valence-corrected chi connectivity index (χ4v) is 4.48. The lowest BCUT2D eigenvalue weighted by molar-refractivity contribution is -0.135. The molecule has 0 spiro atoms. The second-order valence-electron chi connectivity index (χ2n) is 10.8. The third kappa shape index (κ3) is 6.59. The predicted molar refractivity (Wildman–Crippen MR) is 150 cm³/mol. The first-order chi connectivity index (χ1) is 17.6. The topological polar surface area (TPSA) is 75.5 Å². The first kappa shape index (κ1) is 26.5. The van der Waals surface area contributed by atoms with E-state index in [0.29, 0.717) is 13.2 Å². The molecule has 0 aromatic heterocycles. The molecule has 2 aromatic rings. The fourth-order valence-electron chi connectivity index (χ4n) is 4.48. The Labute approximate surface area is 220 Å². The van der Waals surface area contributed by atoms with Crippen LogP contribution in [0, 0.1) is 5.41 Å². The highest BCUT2D eigenvalue weighted by Gasteiger charge is 2.42. The Bertz CT molecular complexity index is 1200. The van der Waals surface area contributed by atoms with Gasteiger partial charge in [-0.05, 0) is 81.1 Å². The summed E-state index contributed by atoms with van der Waals surface area (Å²) in [6.45, 7) is 15.1. The van der Waals surface area contributed by atoms with Gasteiger partial charge in [0.2, 0.25) is 5.91 Å². The number of benzene rings is 2. The molecule has 0 saturated carbocycles. The normalized spacial score (nSPS) is 18.9. The molecule has 1 N–H and O–H groups in total. The van der Waals surface area contributed by atoms with Crippen LogP contribution in [0.3, 0.4) is 0 Å². The van der Waals surface area contributed by atoms with Crippen LogP contribution in [-0.2, 0) is 4.79 Å². The molecule has 7 heteroatoms. The van der Waals surface area contributed by atoms with Gasteiger partial charge < -0.3 is 14.8 Å². The van der Waals surface area contributed by atoms with E-state index in [1.54, 1.807) is 5.01 Å². The van der Waals surface area contributed by atoms with E-state index < -0.39 is 0 Å². The van der Waals surface area contributed by atoms with Crippen molar-refractivity contribution in [2.45, 2.75) is 66.2 Å². The molecule has 2 heterocycles. The van der Waals surface area contributed by atoms with E-state index in [1.165, 1.54) is 0 Å². The van der Waals surface area contributed by atoms with E-state index in [2.05, 4.69) is 25.7 Å². The van der Waals surface area contributed by atoms with Crippen LogP contribution < -0.4 is 14.8 Å². The molecule has 4 rings (SSSR count). The average molecular weight is 503 g/mol. The minimum atomic E-state index is -0.346. The van der Waals surface area contributed by atoms with Crippen LogP contribution in [0.5, 0.6) is 11.5 Å². The Morgan fingerprint density at radius 1 is 1.19 bits per heavy atom. The molecule has 0 aliphatic carbocycles. The molecule has 1 atom stereocenters. The summed E-state index contributed by atoms with van der Waals surface area (Å²) in [5, 5.41) is 9.87. The van der Waals surface area contributed by atoms with E-state index in [1.807, 2.05) is 69.3 Å². The molecule has 37 heavy (non-hydrogen) atoms. The van der Waals surface area contributed by atoms with Crippen LogP contribution in [-0.4, -0.2) is 47.8 Å². The van der Waals surface area contributed by atoms with Crippen molar-refractivity contribution in [1.82, 2.24) is 5.01 Å². The number of hydrogen-bond donors (Lipinski definition) is 1. The second-order valence-corrected chi connectivity index (χ2v) is 10.8. The van der Waals surface area contributed by atoms with Gasteiger partial charge in [-0.25, -0.2) is 5.01 Å². The maximum atomic E-state index is 13.3. The van der Waals surface area contributed by atoms with Crippen LogP contribution in [0.25, 0.3) is 0 Å². The van der Waals surface area contributed by atoms with Crippen molar-refractivity contribution >= 4 is 23.0 Å². The fraction of sp³-hybridized carbons (Fsp3) is 0.433. The summed E-state index contributed by atoms with van der Waals surface area (Å²) in [5.41, 5.74) is 4.32. The number of para-hydroxylation sites is 2. The van der Waals surface area contributed by atoms with Crippen molar-refractivity contribution in [1.29, 1.82) is 0 Å². The highest BCUT2D eigenvalue weighted by atomic mass is 16.5. The molecule has 0 radical (unpaired) electrons. The number of amides is 1. The molecular weight excluding hydrogens is 464 g/mol. The van der Waals surface area contributed by atoms with E-state index in [9.17, 15) is 4.79 Å². The number of anilines is 1. The van der Waals surface area contributed by atoms with Crippen molar-refractivity contribution in [3.05, 3.63) is 66.2 Å². The number of hydrazone groups is 1. The summed E-state index contributed by atoms with van der Waals surface area (Å²) in [6.07, 6.45) is 1.64. The van der Waals surface area contributed by atoms with Gasteiger partial charge in [-0.1, -0.05) is 32.6 Å². The number of carbonyl (C=O) groups excluding carboxylic acids is 1. The Morgan fingerprint density at radius 2 is 1.92 bits per heavy atom. The van der Waals surface area contributed by atoms with Gasteiger partial charge in [0, 0.05) is 11.1 Å². The molecule has 0 fully saturated rings. The summed E-state index contributed by atoms with van der Waals surface area (Å²) in [5.74, 6) is 1.55. The van der Waals surface area contributed by atoms with E-state index >= 15 is 0 Å². The average Bonchev–Trinajstić information content (AvgIpc) is 2.98. The van der Waals surface area contributed by atoms with Crippen molar-refractivity contribution in [3.63, 3.8) is 0 Å². The van der Waals surface area contributed by atoms with Crippen molar-refractivity contribution < 1.29 is 14.3 Å². The Balaban J connectivity index is 1.53. The largest absolute Gasteiger partial charge is 0.491 e. The number of fused-ring (bicyclic) bond motifs is 1. The third-order valence-corrected chi connectivity index (χ3v) is 6.48. The van der Waals surface area contributed by atoms with E-state index in [-0.39, 0.29) is 30.0 Å². The van der Waals surface area contributed by atoms with Crippen LogP contribution in [0.4, 0.5) is 5.69 Å². The molecular formula is C30H38N4O3. The van der Waals surface area contributed by atoms with Crippen molar-refractivity contribution in [2.75, 3.05) is 18.5 Å². The summed E-state index contributed by atoms with van der Waals surface area (Å²) in [4.78, 5) is 18.4. The number of rotatable bonds is 9. The monoisotopic (exact) mass is 502 g/mol. The molecule has 0 saturated heterocycles. The van der Waals surface area contributed by atoms with Gasteiger partial charge in [0.1, 0.15) is 24.3 Å². The zero-order chi connectivity index (χ0) is 26.6. The molecule has 1 amide bonds. The highest BCUT2D eigenvalue weighted by molar-refractivity contribution is 6.06. The zero-order valence-electron chi connectivity index (χ0n) is 22.6. The molecule has 196 valence electrons. The lowest BCUT2D eigenvalue weighted by Gasteiger charge is -2.38. The number of nitrogens with one attached hydrogen (secondary N) is 1. The van der Waals surface area contributed by atoms with Crippen LogP contribution in [0.2, 0.25) is 0 Å². The van der Waals surface area contributed by atoms with Gasteiger partial charge in [-0.2, -0.15) is 5.10 Å². The molecule has 2 aliphatic heterocycles. The maximum absolute atomic E-state index is 13.3. The van der Waals surface area contributed by atoms with Gasteiger partial charge in [-0.15, -0.1) is 0 Å². The maximum Gasteiger partial charge on any atom is 0.250 e. The number of aliphatic imine (C=N–C) groups is 1. The smallest absolute Gasteiger partial charge is 0.250 e. The lowest BCUT2D eigenvalue weighted by atomic mass is 9.82. The summed E-state index contributed by atoms with van der Waals surface area (Å²) in [7, 11) is 0. The SMILES string of the molecule is C=C(C)COc1ccccc1NCC1=NC2N(N=C(c3ccc(OC(C)C)cc3)CCC2(C)C)C(=O)C1. The lowest BCUT2D eigenvalue weighted by Crippen LogP contribution is -2.48. The quantitative estimate of drug-likeness (QED) is 0.423. The number of carbonyl (C=O) groups is 1. The minimum Gasteiger partial charge on any atom is -0.491 e. The summed E-state index contributed by atoms with van der Waals surface area (Å²) < 4.78 is 11.6. The van der Waals surface area contributed by atoms with Crippen LogP contribution in [0.1, 0.15) is 59.4 Å². The van der Waals surface area contributed by atoms with Gasteiger partial charge in [0.15, 0.2) is 0 Å². The predicted octanol–water partition coefficient (Wildman–Crippen LogP) is 6.06. The van der Waals surface area contributed by atoms with Crippen LogP contribution >= 0.6 is 0 Å². The number of hydrogen-bond acceptors (Lipinski definition) is 6. The zero-order valence-corrected chi connectivity index (χ0v) is 22.6. The molecule has 1 unspecified atom stereocenters. The van der Waals surface area contributed by atoms with Crippen molar-refractivity contribution in [2.24, 2.45) is 15.5 Å². The van der Waals surface area contributed by atoms with Crippen LogP contribution in [0.15, 0.2) is 70.8 Å². The highest BCUT2D eigenvalue weighted by Crippen LogP contribution is 2.37. The number of ether oxygens (including phenoxy) is 2. The molecule has 2 aliphatic rings. The first-order valence-electron chi connectivity index (χ1n) is 12.9. The third-order valence-electron chi connectivity index (χ3n) is 6.48. The first-order valence-corrected chi connectivity index (χ1v) is 12.9. The second kappa shape index (κ2) is 11.2. The van der Waals surface area contributed by atoms with Gasteiger partial charge in [-0.3, -0.25) is 9.79 Å². The summed E-state index contributed by atoms with van der Waals surface area (Å²) in [6, 6.07) is 15.7. The molecule has 0 bridgehead atoms. The van der Waals surface area contributed by atoms with Gasteiger partial charge in [0.25, 0.3) is 0 Å². The standard InChI is InChI=1S/C30H38N4O3/c1-20(2)19-36-27-10-8-7-9-26(27)31-18-23-17-28(35)34-29(32-23)30(5,6)16-15-25(33-34)22-11-13-24(14-12-22)37-21(3)4/h7-14,21,29,31H,1,15-19H2,2-6H3. The summed E-state index contributed by atoms with van der Waals surface area (Å²) >= 11 is 0. The van der Waals surface area contributed by atoms with E-state index in [0.717, 1.165) is 52.6 Å². The Hall–Kier alpha value is -3.61. The molecule has 7 nitrogen and oxygen atoms in total. The van der Waals surface area contributed by atoms with Gasteiger partial charge >= 0.3 is 0 Å².